The van der Waals surface area contributed by atoms with Gasteiger partial charge in [-0.05, 0) is 18.9 Å². The fraction of sp³-hybridized carbons (Fsp3) is 0.500. The summed E-state index contributed by atoms with van der Waals surface area (Å²) in [6.07, 6.45) is 4.28. The third-order valence-corrected chi connectivity index (χ3v) is 3.97. The minimum Gasteiger partial charge on any atom is -0.468 e. The van der Waals surface area contributed by atoms with Crippen LogP contribution in [0, 0.1) is 17.1 Å². The Hall–Kier alpha value is -1.93. The van der Waals surface area contributed by atoms with Crippen molar-refractivity contribution in [2.45, 2.75) is 38.3 Å². The number of carbonyl (C=O) groups is 1. The Kier molecular flexibility index (Phi) is 5.29. The number of nitriles is 1. The first kappa shape index (κ1) is 15.5. The molecule has 0 heterocycles. The first-order chi connectivity index (χ1) is 10.2. The summed E-state index contributed by atoms with van der Waals surface area (Å²) in [5.41, 5.74) is 0.488. The monoisotopic (exact) mass is 290 g/mol. The molecule has 0 aromatic heterocycles. The molecule has 0 unspecified atom stereocenters. The van der Waals surface area contributed by atoms with E-state index in [-0.39, 0.29) is 24.1 Å². The first-order valence-corrected chi connectivity index (χ1v) is 7.14. The lowest BCUT2D eigenvalue weighted by atomic mass is 10.1. The molecule has 0 saturated heterocycles. The summed E-state index contributed by atoms with van der Waals surface area (Å²) in [6.45, 7) is 0.471. The van der Waals surface area contributed by atoms with Crippen LogP contribution < -0.4 is 0 Å². The number of methoxy groups -OCH3 is 1. The highest BCUT2D eigenvalue weighted by Crippen LogP contribution is 2.25. The summed E-state index contributed by atoms with van der Waals surface area (Å²) in [4.78, 5) is 13.5. The number of hydrogen-bond donors (Lipinski definition) is 0. The Labute approximate surface area is 124 Å². The highest BCUT2D eigenvalue weighted by molar-refractivity contribution is 5.71. The van der Waals surface area contributed by atoms with Gasteiger partial charge in [-0.3, -0.25) is 9.69 Å². The number of ether oxygens (including phenoxy) is 1. The molecule has 21 heavy (non-hydrogen) atoms. The largest absolute Gasteiger partial charge is 0.468 e. The van der Waals surface area contributed by atoms with E-state index in [2.05, 4.69) is 0 Å². The van der Waals surface area contributed by atoms with Crippen molar-refractivity contribution in [2.24, 2.45) is 0 Å². The highest BCUT2D eigenvalue weighted by Gasteiger charge is 2.25. The SMILES string of the molecule is COC(=O)CN(Cc1cccc(C#N)c1F)C1CCCC1. The van der Waals surface area contributed by atoms with Gasteiger partial charge in [0.1, 0.15) is 11.9 Å². The van der Waals surface area contributed by atoms with Gasteiger partial charge in [-0.15, -0.1) is 0 Å². The van der Waals surface area contributed by atoms with Gasteiger partial charge in [0.15, 0.2) is 0 Å². The fourth-order valence-corrected chi connectivity index (χ4v) is 2.82. The average molecular weight is 290 g/mol. The Morgan fingerprint density at radius 1 is 1.48 bits per heavy atom. The van der Waals surface area contributed by atoms with E-state index in [1.165, 1.54) is 13.2 Å². The predicted molar refractivity (Wildman–Crippen MR) is 75.8 cm³/mol. The number of esters is 1. The summed E-state index contributed by atoms with van der Waals surface area (Å²) in [5.74, 6) is -0.813. The van der Waals surface area contributed by atoms with Crippen LogP contribution in [0.3, 0.4) is 0 Å². The van der Waals surface area contributed by atoms with Crippen LogP contribution in [0.15, 0.2) is 18.2 Å². The lowest BCUT2D eigenvalue weighted by molar-refractivity contribution is -0.142. The second-order valence-electron chi connectivity index (χ2n) is 5.31. The number of halogens is 1. The van der Waals surface area contributed by atoms with Gasteiger partial charge in [-0.2, -0.15) is 5.26 Å². The predicted octanol–water partition coefficient (Wildman–Crippen LogP) is 2.61. The Balaban J connectivity index is 2.18. The number of benzene rings is 1. The molecule has 0 atom stereocenters. The van der Waals surface area contributed by atoms with Crippen molar-refractivity contribution in [2.75, 3.05) is 13.7 Å². The standard InChI is InChI=1S/C16H19FN2O2/c1-21-15(20)11-19(14-7-2-3-8-14)10-13-6-4-5-12(9-18)16(13)17/h4-6,14H,2-3,7-8,10-11H2,1H3. The van der Waals surface area contributed by atoms with E-state index in [0.717, 1.165) is 25.7 Å². The number of carbonyl (C=O) groups excluding carboxylic acids is 1. The molecule has 1 fully saturated rings. The van der Waals surface area contributed by atoms with E-state index >= 15 is 0 Å². The van der Waals surface area contributed by atoms with Crippen LogP contribution in [0.25, 0.3) is 0 Å². The van der Waals surface area contributed by atoms with Crippen LogP contribution in [0.1, 0.15) is 36.8 Å². The van der Waals surface area contributed by atoms with E-state index in [1.807, 2.05) is 11.0 Å². The minimum absolute atomic E-state index is 0.0388. The molecule has 0 aliphatic heterocycles. The van der Waals surface area contributed by atoms with Crippen molar-refractivity contribution in [1.29, 1.82) is 5.26 Å². The summed E-state index contributed by atoms with van der Waals surface area (Å²) < 4.78 is 18.9. The molecule has 0 N–H and O–H groups in total. The Morgan fingerprint density at radius 3 is 2.81 bits per heavy atom. The van der Waals surface area contributed by atoms with Crippen molar-refractivity contribution in [3.05, 3.63) is 35.1 Å². The summed E-state index contributed by atoms with van der Waals surface area (Å²) >= 11 is 0. The maximum Gasteiger partial charge on any atom is 0.319 e. The van der Waals surface area contributed by atoms with E-state index in [0.29, 0.717) is 12.1 Å². The summed E-state index contributed by atoms with van der Waals surface area (Å²) in [5, 5.41) is 8.89. The van der Waals surface area contributed by atoms with Crippen LogP contribution in [-0.4, -0.2) is 30.6 Å². The number of hydrogen-bond acceptors (Lipinski definition) is 4. The molecular weight excluding hydrogens is 271 g/mol. The van der Waals surface area contributed by atoms with Gasteiger partial charge < -0.3 is 4.74 Å². The highest BCUT2D eigenvalue weighted by atomic mass is 19.1. The molecule has 2 rings (SSSR count). The van der Waals surface area contributed by atoms with Gasteiger partial charge in [0.2, 0.25) is 0 Å². The minimum atomic E-state index is -0.493. The van der Waals surface area contributed by atoms with Gasteiger partial charge in [-0.1, -0.05) is 25.0 Å². The molecule has 112 valence electrons. The molecular formula is C16H19FN2O2. The van der Waals surface area contributed by atoms with Gasteiger partial charge in [-0.25, -0.2) is 4.39 Å². The molecule has 1 aliphatic rings. The third-order valence-electron chi connectivity index (χ3n) is 3.97. The van der Waals surface area contributed by atoms with Crippen LogP contribution in [0.2, 0.25) is 0 Å². The Morgan fingerprint density at radius 2 is 2.19 bits per heavy atom. The van der Waals surface area contributed by atoms with Gasteiger partial charge in [0.25, 0.3) is 0 Å². The second-order valence-corrected chi connectivity index (χ2v) is 5.31. The van der Waals surface area contributed by atoms with Gasteiger partial charge in [0, 0.05) is 18.2 Å². The number of rotatable bonds is 5. The third kappa shape index (κ3) is 3.79. The maximum atomic E-state index is 14.2. The van der Waals surface area contributed by atoms with Crippen LogP contribution in [0.4, 0.5) is 4.39 Å². The Bertz CT molecular complexity index is 548. The molecule has 0 radical (unpaired) electrons. The van der Waals surface area contributed by atoms with Crippen molar-refractivity contribution in [3.8, 4) is 6.07 Å². The van der Waals surface area contributed by atoms with Gasteiger partial charge in [0.05, 0.1) is 19.2 Å². The molecule has 1 aromatic carbocycles. The fourth-order valence-electron chi connectivity index (χ4n) is 2.82. The van der Waals surface area contributed by atoms with Crippen molar-refractivity contribution in [3.63, 3.8) is 0 Å². The van der Waals surface area contributed by atoms with Crippen molar-refractivity contribution in [1.82, 2.24) is 4.90 Å². The maximum absolute atomic E-state index is 14.2. The van der Waals surface area contributed by atoms with Crippen molar-refractivity contribution < 1.29 is 13.9 Å². The molecule has 4 nitrogen and oxygen atoms in total. The molecule has 0 bridgehead atoms. The summed E-state index contributed by atoms with van der Waals surface area (Å²) in [6, 6.07) is 6.91. The lowest BCUT2D eigenvalue weighted by Gasteiger charge is -2.27. The topological polar surface area (TPSA) is 53.3 Å². The molecule has 1 aliphatic carbocycles. The van der Waals surface area contributed by atoms with Crippen LogP contribution >= 0.6 is 0 Å². The second kappa shape index (κ2) is 7.19. The number of nitrogens with zero attached hydrogens (tertiary/aromatic N) is 2. The summed E-state index contributed by atoms with van der Waals surface area (Å²) in [7, 11) is 1.35. The first-order valence-electron chi connectivity index (χ1n) is 7.14. The van der Waals surface area contributed by atoms with Crippen LogP contribution in [-0.2, 0) is 16.1 Å². The van der Waals surface area contributed by atoms with Crippen LogP contribution in [0.5, 0.6) is 0 Å². The quantitative estimate of drug-likeness (QED) is 0.782. The zero-order valence-corrected chi connectivity index (χ0v) is 12.1. The lowest BCUT2D eigenvalue weighted by Crippen LogP contribution is -2.37. The molecule has 1 saturated carbocycles. The van der Waals surface area contributed by atoms with E-state index in [4.69, 9.17) is 10.00 Å². The zero-order valence-electron chi connectivity index (χ0n) is 12.1. The van der Waals surface area contributed by atoms with Gasteiger partial charge >= 0.3 is 5.97 Å². The molecule has 1 aromatic rings. The van der Waals surface area contributed by atoms with Crippen molar-refractivity contribution >= 4 is 5.97 Å². The van der Waals surface area contributed by atoms with E-state index < -0.39 is 5.82 Å². The molecule has 0 spiro atoms. The molecule has 5 heteroatoms. The molecule has 0 amide bonds. The average Bonchev–Trinajstić information content (AvgIpc) is 3.02. The normalized spacial score (nSPS) is 15.1. The zero-order chi connectivity index (χ0) is 15.2. The van der Waals surface area contributed by atoms with E-state index in [9.17, 15) is 9.18 Å². The van der Waals surface area contributed by atoms with E-state index in [1.54, 1.807) is 12.1 Å². The smallest absolute Gasteiger partial charge is 0.319 e.